The molecule has 1 N–H and O–H groups in total. The first kappa shape index (κ1) is 29.1. The van der Waals surface area contributed by atoms with Gasteiger partial charge in [0.25, 0.3) is 5.91 Å². The number of thiazole rings is 1. The van der Waals surface area contributed by atoms with E-state index in [-0.39, 0.29) is 36.6 Å². The summed E-state index contributed by atoms with van der Waals surface area (Å²) >= 11 is 1.28. The number of benzene rings is 2. The third-order valence-electron chi connectivity index (χ3n) is 6.50. The number of rotatable bonds is 11. The number of hydrogen-bond acceptors (Lipinski definition) is 7. The van der Waals surface area contributed by atoms with Gasteiger partial charge in [0.05, 0.1) is 24.4 Å². The SMILES string of the molecule is CCOc1ccccc1N1CCN(C(=O)Cc2csc(NC(=O)CN(CC(C)C)C(=O)c3ccccc3)n2)CC1. The quantitative estimate of drug-likeness (QED) is 0.376. The van der Waals surface area contributed by atoms with Crippen molar-refractivity contribution in [3.63, 3.8) is 0 Å². The van der Waals surface area contributed by atoms with Crippen molar-refractivity contribution >= 4 is 39.9 Å². The van der Waals surface area contributed by atoms with E-state index >= 15 is 0 Å². The fourth-order valence-corrected chi connectivity index (χ4v) is 5.39. The summed E-state index contributed by atoms with van der Waals surface area (Å²) < 4.78 is 5.76. The molecule has 40 heavy (non-hydrogen) atoms. The highest BCUT2D eigenvalue weighted by molar-refractivity contribution is 7.13. The number of hydrogen-bond donors (Lipinski definition) is 1. The highest BCUT2D eigenvalue weighted by atomic mass is 32.1. The van der Waals surface area contributed by atoms with Crippen molar-refractivity contribution in [1.29, 1.82) is 0 Å². The van der Waals surface area contributed by atoms with Crippen molar-refractivity contribution in [2.75, 3.05) is 56.1 Å². The van der Waals surface area contributed by atoms with Crippen LogP contribution >= 0.6 is 11.3 Å². The lowest BCUT2D eigenvalue weighted by Crippen LogP contribution is -2.49. The van der Waals surface area contributed by atoms with Gasteiger partial charge in [-0.1, -0.05) is 44.2 Å². The summed E-state index contributed by atoms with van der Waals surface area (Å²) in [5.41, 5.74) is 2.22. The first-order chi connectivity index (χ1) is 19.3. The summed E-state index contributed by atoms with van der Waals surface area (Å²) in [5, 5.41) is 5.01. The lowest BCUT2D eigenvalue weighted by atomic mass is 10.1. The van der Waals surface area contributed by atoms with Crippen LogP contribution in [0.1, 0.15) is 36.8 Å². The summed E-state index contributed by atoms with van der Waals surface area (Å²) in [6.07, 6.45) is 0.174. The molecule has 1 aliphatic heterocycles. The van der Waals surface area contributed by atoms with Gasteiger partial charge in [-0.05, 0) is 37.1 Å². The van der Waals surface area contributed by atoms with Gasteiger partial charge in [-0.25, -0.2) is 4.98 Å². The van der Waals surface area contributed by atoms with Crippen molar-refractivity contribution in [1.82, 2.24) is 14.8 Å². The average Bonchev–Trinajstić information content (AvgIpc) is 3.39. The van der Waals surface area contributed by atoms with Gasteiger partial charge in [0, 0.05) is 43.7 Å². The molecule has 0 saturated carbocycles. The van der Waals surface area contributed by atoms with E-state index < -0.39 is 0 Å². The second-order valence-corrected chi connectivity index (χ2v) is 10.9. The molecule has 0 radical (unpaired) electrons. The number of aromatic nitrogens is 1. The van der Waals surface area contributed by atoms with Crippen LogP contribution in [0.4, 0.5) is 10.8 Å². The lowest BCUT2D eigenvalue weighted by Gasteiger charge is -2.36. The smallest absolute Gasteiger partial charge is 0.254 e. The first-order valence-electron chi connectivity index (χ1n) is 13.7. The number of nitrogens with one attached hydrogen (secondary N) is 1. The number of para-hydroxylation sites is 2. The summed E-state index contributed by atoms with van der Waals surface area (Å²) in [5.74, 6) is 0.576. The molecule has 9 nitrogen and oxygen atoms in total. The summed E-state index contributed by atoms with van der Waals surface area (Å²) in [6, 6.07) is 16.9. The first-order valence-corrected chi connectivity index (χ1v) is 14.5. The van der Waals surface area contributed by atoms with Gasteiger partial charge in [-0.2, -0.15) is 0 Å². The van der Waals surface area contributed by atoms with Crippen LogP contribution in [0.15, 0.2) is 60.0 Å². The number of carbonyl (C=O) groups is 3. The van der Waals surface area contributed by atoms with Gasteiger partial charge < -0.3 is 24.8 Å². The molecule has 3 aromatic rings. The molecule has 4 rings (SSSR count). The molecule has 2 heterocycles. The van der Waals surface area contributed by atoms with E-state index in [1.807, 2.05) is 56.0 Å². The Morgan fingerprint density at radius 3 is 2.42 bits per heavy atom. The van der Waals surface area contributed by atoms with E-state index in [0.717, 1.165) is 24.5 Å². The minimum Gasteiger partial charge on any atom is -0.492 e. The van der Waals surface area contributed by atoms with Crippen molar-refractivity contribution in [3.05, 3.63) is 71.2 Å². The fourth-order valence-electron chi connectivity index (χ4n) is 4.66. The van der Waals surface area contributed by atoms with E-state index in [1.165, 1.54) is 11.3 Å². The number of ether oxygens (including phenoxy) is 1. The number of carbonyl (C=O) groups excluding carboxylic acids is 3. The van der Waals surface area contributed by atoms with Gasteiger partial charge in [0.1, 0.15) is 12.3 Å². The number of anilines is 2. The largest absolute Gasteiger partial charge is 0.492 e. The maximum Gasteiger partial charge on any atom is 0.254 e. The molecule has 2 aromatic carbocycles. The maximum atomic E-state index is 13.0. The van der Waals surface area contributed by atoms with Crippen LogP contribution in [-0.4, -0.2) is 78.4 Å². The van der Waals surface area contributed by atoms with Crippen molar-refractivity contribution < 1.29 is 19.1 Å². The minimum atomic E-state index is -0.319. The molecule has 0 aliphatic carbocycles. The zero-order chi connectivity index (χ0) is 28.5. The van der Waals surface area contributed by atoms with Crippen LogP contribution in [0.5, 0.6) is 5.75 Å². The van der Waals surface area contributed by atoms with Crippen molar-refractivity contribution in [2.24, 2.45) is 5.92 Å². The average molecular weight is 564 g/mol. The van der Waals surface area contributed by atoms with Crippen molar-refractivity contribution in [2.45, 2.75) is 27.2 Å². The van der Waals surface area contributed by atoms with Crippen LogP contribution in [0.2, 0.25) is 0 Å². The third kappa shape index (κ3) is 7.81. The van der Waals surface area contributed by atoms with E-state index in [2.05, 4.69) is 15.2 Å². The summed E-state index contributed by atoms with van der Waals surface area (Å²) in [4.78, 5) is 48.9. The van der Waals surface area contributed by atoms with Crippen LogP contribution in [-0.2, 0) is 16.0 Å². The highest BCUT2D eigenvalue weighted by Gasteiger charge is 2.24. The third-order valence-corrected chi connectivity index (χ3v) is 7.30. The topological polar surface area (TPSA) is 95.1 Å². The molecule has 1 aromatic heterocycles. The van der Waals surface area contributed by atoms with Crippen LogP contribution in [0.25, 0.3) is 0 Å². The molecule has 3 amide bonds. The molecule has 0 spiro atoms. The van der Waals surface area contributed by atoms with Gasteiger partial charge >= 0.3 is 0 Å². The zero-order valence-corrected chi connectivity index (χ0v) is 24.2. The summed E-state index contributed by atoms with van der Waals surface area (Å²) in [6.45, 7) is 9.66. The Bertz CT molecular complexity index is 1290. The predicted molar refractivity (Wildman–Crippen MR) is 158 cm³/mol. The second-order valence-electron chi connectivity index (χ2n) is 10.1. The van der Waals surface area contributed by atoms with Gasteiger partial charge in [-0.3, -0.25) is 14.4 Å². The predicted octanol–water partition coefficient (Wildman–Crippen LogP) is 4.17. The van der Waals surface area contributed by atoms with Crippen molar-refractivity contribution in [3.8, 4) is 5.75 Å². The van der Waals surface area contributed by atoms with Crippen LogP contribution in [0, 0.1) is 5.92 Å². The number of amides is 3. The molecule has 0 unspecified atom stereocenters. The van der Waals surface area contributed by atoms with E-state index in [9.17, 15) is 14.4 Å². The van der Waals surface area contributed by atoms with E-state index in [0.29, 0.717) is 42.6 Å². The van der Waals surface area contributed by atoms with Crippen LogP contribution in [0.3, 0.4) is 0 Å². The molecular weight excluding hydrogens is 526 g/mol. The Hall–Kier alpha value is -3.92. The monoisotopic (exact) mass is 563 g/mol. The molecule has 0 atom stereocenters. The lowest BCUT2D eigenvalue weighted by molar-refractivity contribution is -0.130. The number of nitrogens with zero attached hydrogens (tertiary/aromatic N) is 4. The Labute approximate surface area is 239 Å². The normalized spacial score (nSPS) is 13.3. The molecular formula is C30H37N5O4S. The Morgan fingerprint density at radius 2 is 1.73 bits per heavy atom. The van der Waals surface area contributed by atoms with Crippen LogP contribution < -0.4 is 15.0 Å². The second kappa shape index (κ2) is 13.9. The Kier molecular flexibility index (Phi) is 10.1. The standard InChI is InChI=1S/C30H37N5O4S/c1-4-39-26-13-9-8-12-25(26)33-14-16-34(17-15-33)28(37)18-24-21-40-30(31-24)32-27(36)20-35(19-22(2)3)29(38)23-10-6-5-7-11-23/h5-13,21-22H,4,14-20H2,1-3H3,(H,31,32,36). The highest BCUT2D eigenvalue weighted by Crippen LogP contribution is 2.29. The Morgan fingerprint density at radius 1 is 1.02 bits per heavy atom. The molecule has 1 saturated heterocycles. The van der Waals surface area contributed by atoms with E-state index in [4.69, 9.17) is 4.74 Å². The zero-order valence-electron chi connectivity index (χ0n) is 23.3. The van der Waals surface area contributed by atoms with Gasteiger partial charge in [-0.15, -0.1) is 11.3 Å². The van der Waals surface area contributed by atoms with E-state index in [1.54, 1.807) is 34.5 Å². The fraction of sp³-hybridized carbons (Fsp3) is 0.400. The van der Waals surface area contributed by atoms with Gasteiger partial charge in [0.15, 0.2) is 5.13 Å². The Balaban J connectivity index is 1.28. The minimum absolute atomic E-state index is 0.0116. The summed E-state index contributed by atoms with van der Waals surface area (Å²) in [7, 11) is 0. The molecule has 0 bridgehead atoms. The molecule has 1 fully saturated rings. The number of piperazine rings is 1. The molecule has 1 aliphatic rings. The molecule has 212 valence electrons. The maximum absolute atomic E-state index is 13.0. The molecule has 10 heteroatoms. The van der Waals surface area contributed by atoms with Gasteiger partial charge in [0.2, 0.25) is 11.8 Å².